The third-order valence-electron chi connectivity index (χ3n) is 2.97. The van der Waals surface area contributed by atoms with Crippen LogP contribution in [-0.4, -0.2) is 24.5 Å². The molecule has 0 aromatic heterocycles. The first-order valence-corrected chi connectivity index (χ1v) is 6.10. The fraction of sp³-hybridized carbons (Fsp3) is 0.917. The second-order valence-electron chi connectivity index (χ2n) is 5.04. The van der Waals surface area contributed by atoms with Crippen molar-refractivity contribution < 1.29 is 4.79 Å². The van der Waals surface area contributed by atoms with Crippen molar-refractivity contribution in [1.29, 1.82) is 0 Å². The molecule has 0 aromatic carbocycles. The fourth-order valence-corrected chi connectivity index (χ4v) is 1.95. The molecule has 1 aliphatic rings. The normalized spacial score (nSPS) is 18.7. The van der Waals surface area contributed by atoms with Gasteiger partial charge >= 0.3 is 0 Å². The van der Waals surface area contributed by atoms with Gasteiger partial charge in [0.1, 0.15) is 0 Å². The van der Waals surface area contributed by atoms with Gasteiger partial charge in [0.15, 0.2) is 0 Å². The predicted octanol–water partition coefficient (Wildman–Crippen LogP) is 1.68. The number of amides is 1. The van der Waals surface area contributed by atoms with E-state index in [1.807, 2.05) is 13.8 Å². The first-order valence-electron chi connectivity index (χ1n) is 6.10. The quantitative estimate of drug-likeness (QED) is 0.703. The van der Waals surface area contributed by atoms with Crippen LogP contribution < -0.4 is 10.6 Å². The summed E-state index contributed by atoms with van der Waals surface area (Å²) >= 11 is 0. The smallest absolute Gasteiger partial charge is 0.234 e. The topological polar surface area (TPSA) is 41.1 Å². The van der Waals surface area contributed by atoms with Gasteiger partial charge < -0.3 is 10.6 Å². The summed E-state index contributed by atoms with van der Waals surface area (Å²) < 4.78 is 0. The molecule has 0 saturated heterocycles. The van der Waals surface area contributed by atoms with Gasteiger partial charge in [0.2, 0.25) is 5.91 Å². The molecule has 1 amide bonds. The number of rotatable bonds is 6. The average molecular weight is 212 g/mol. The van der Waals surface area contributed by atoms with Crippen molar-refractivity contribution in [2.45, 2.75) is 58.5 Å². The molecule has 3 heteroatoms. The number of nitrogens with one attached hydrogen (secondary N) is 2. The Morgan fingerprint density at radius 1 is 1.33 bits per heavy atom. The highest BCUT2D eigenvalue weighted by Gasteiger charge is 2.19. The van der Waals surface area contributed by atoms with Gasteiger partial charge in [-0.25, -0.2) is 0 Å². The van der Waals surface area contributed by atoms with Crippen LogP contribution in [-0.2, 0) is 4.79 Å². The lowest BCUT2D eigenvalue weighted by molar-refractivity contribution is -0.120. The summed E-state index contributed by atoms with van der Waals surface area (Å²) in [5.74, 6) is 1.01. The van der Waals surface area contributed by atoms with Crippen LogP contribution in [0.1, 0.15) is 46.5 Å². The van der Waals surface area contributed by atoms with Crippen molar-refractivity contribution in [3.8, 4) is 0 Å². The molecule has 1 aliphatic carbocycles. The van der Waals surface area contributed by atoms with E-state index in [1.54, 1.807) is 0 Å². The van der Waals surface area contributed by atoms with E-state index in [-0.39, 0.29) is 11.9 Å². The molecule has 2 N–H and O–H groups in total. The molecule has 1 fully saturated rings. The maximum absolute atomic E-state index is 11.4. The van der Waals surface area contributed by atoms with Gasteiger partial charge in [0, 0.05) is 12.1 Å². The summed E-state index contributed by atoms with van der Waals surface area (Å²) in [6, 6.07) is 0.703. The van der Waals surface area contributed by atoms with Crippen molar-refractivity contribution >= 4 is 5.91 Å². The number of hydrogen-bond acceptors (Lipinski definition) is 2. The lowest BCUT2D eigenvalue weighted by Gasteiger charge is -2.28. The molecule has 3 nitrogen and oxygen atoms in total. The first kappa shape index (κ1) is 12.5. The largest absolute Gasteiger partial charge is 0.353 e. The second kappa shape index (κ2) is 6.11. The summed E-state index contributed by atoms with van der Waals surface area (Å²) in [5, 5.41) is 6.15. The molecule has 1 saturated carbocycles. The standard InChI is InChI=1S/C12H24N2O/c1-9(2)14-12(15)8-13-10(3)7-11-5-4-6-11/h9-11,13H,4-8H2,1-3H3,(H,14,15). The zero-order chi connectivity index (χ0) is 11.3. The van der Waals surface area contributed by atoms with E-state index in [2.05, 4.69) is 17.6 Å². The molecule has 0 spiro atoms. The molecule has 0 aliphatic heterocycles. The Labute approximate surface area is 93.0 Å². The molecular formula is C12H24N2O. The van der Waals surface area contributed by atoms with E-state index in [9.17, 15) is 4.79 Å². The lowest BCUT2D eigenvalue weighted by atomic mass is 9.81. The van der Waals surface area contributed by atoms with E-state index in [0.29, 0.717) is 12.6 Å². The molecule has 1 atom stereocenters. The van der Waals surface area contributed by atoms with E-state index in [4.69, 9.17) is 0 Å². The minimum Gasteiger partial charge on any atom is -0.353 e. The molecular weight excluding hydrogens is 188 g/mol. The Hall–Kier alpha value is -0.570. The van der Waals surface area contributed by atoms with Gasteiger partial charge in [-0.2, -0.15) is 0 Å². The van der Waals surface area contributed by atoms with Crippen molar-refractivity contribution in [3.05, 3.63) is 0 Å². The average Bonchev–Trinajstić information content (AvgIpc) is 2.07. The van der Waals surface area contributed by atoms with Gasteiger partial charge in [-0.3, -0.25) is 4.79 Å². The molecule has 0 bridgehead atoms. The Morgan fingerprint density at radius 3 is 2.47 bits per heavy atom. The maximum Gasteiger partial charge on any atom is 0.234 e. The van der Waals surface area contributed by atoms with Crippen LogP contribution >= 0.6 is 0 Å². The highest BCUT2D eigenvalue weighted by atomic mass is 16.1. The lowest BCUT2D eigenvalue weighted by Crippen LogP contribution is -2.41. The first-order chi connectivity index (χ1) is 7.08. The zero-order valence-electron chi connectivity index (χ0n) is 10.2. The Bertz CT molecular complexity index is 200. The van der Waals surface area contributed by atoms with E-state index < -0.39 is 0 Å². The Balaban J connectivity index is 2.04. The summed E-state index contributed by atoms with van der Waals surface area (Å²) in [4.78, 5) is 11.4. The molecule has 1 rings (SSSR count). The van der Waals surface area contributed by atoms with Crippen molar-refractivity contribution in [3.63, 3.8) is 0 Å². The van der Waals surface area contributed by atoms with Crippen LogP contribution in [0.25, 0.3) is 0 Å². The van der Waals surface area contributed by atoms with Gasteiger partial charge in [0.25, 0.3) is 0 Å². The maximum atomic E-state index is 11.4. The third kappa shape index (κ3) is 5.17. The van der Waals surface area contributed by atoms with Crippen LogP contribution in [0.3, 0.4) is 0 Å². The molecule has 88 valence electrons. The molecule has 0 aromatic rings. The van der Waals surface area contributed by atoms with E-state index in [1.165, 1.54) is 25.7 Å². The van der Waals surface area contributed by atoms with Crippen LogP contribution in [0.5, 0.6) is 0 Å². The van der Waals surface area contributed by atoms with Crippen LogP contribution in [0.2, 0.25) is 0 Å². The predicted molar refractivity (Wildman–Crippen MR) is 62.7 cm³/mol. The van der Waals surface area contributed by atoms with Crippen LogP contribution in [0.15, 0.2) is 0 Å². The van der Waals surface area contributed by atoms with Gasteiger partial charge in [0.05, 0.1) is 6.54 Å². The van der Waals surface area contributed by atoms with E-state index >= 15 is 0 Å². The van der Waals surface area contributed by atoms with Gasteiger partial charge in [-0.1, -0.05) is 19.3 Å². The highest BCUT2D eigenvalue weighted by Crippen LogP contribution is 2.30. The number of hydrogen-bond donors (Lipinski definition) is 2. The van der Waals surface area contributed by atoms with Crippen molar-refractivity contribution in [2.24, 2.45) is 5.92 Å². The van der Waals surface area contributed by atoms with Gasteiger partial charge in [-0.15, -0.1) is 0 Å². The third-order valence-corrected chi connectivity index (χ3v) is 2.97. The zero-order valence-corrected chi connectivity index (χ0v) is 10.2. The Morgan fingerprint density at radius 2 is 2.00 bits per heavy atom. The summed E-state index contributed by atoms with van der Waals surface area (Å²) in [6.45, 7) is 6.58. The molecule has 0 radical (unpaired) electrons. The second-order valence-corrected chi connectivity index (χ2v) is 5.04. The summed E-state index contributed by atoms with van der Waals surface area (Å²) in [6.07, 6.45) is 5.37. The number of carbonyl (C=O) groups is 1. The van der Waals surface area contributed by atoms with E-state index in [0.717, 1.165) is 5.92 Å². The summed E-state index contributed by atoms with van der Waals surface area (Å²) in [5.41, 5.74) is 0. The number of carbonyl (C=O) groups excluding carboxylic acids is 1. The van der Waals surface area contributed by atoms with Gasteiger partial charge in [-0.05, 0) is 33.1 Å². The Kier molecular flexibility index (Phi) is 5.09. The van der Waals surface area contributed by atoms with Crippen LogP contribution in [0, 0.1) is 5.92 Å². The van der Waals surface area contributed by atoms with Crippen molar-refractivity contribution in [1.82, 2.24) is 10.6 Å². The highest BCUT2D eigenvalue weighted by molar-refractivity contribution is 5.78. The van der Waals surface area contributed by atoms with Crippen molar-refractivity contribution in [2.75, 3.05) is 6.54 Å². The van der Waals surface area contributed by atoms with Crippen LogP contribution in [0.4, 0.5) is 0 Å². The summed E-state index contributed by atoms with van der Waals surface area (Å²) in [7, 11) is 0. The fourth-order valence-electron chi connectivity index (χ4n) is 1.95. The minimum absolute atomic E-state index is 0.102. The minimum atomic E-state index is 0.102. The SMILES string of the molecule is CC(C)NC(=O)CNC(C)CC1CCC1. The molecule has 15 heavy (non-hydrogen) atoms. The monoisotopic (exact) mass is 212 g/mol. The molecule has 0 heterocycles. The molecule has 1 unspecified atom stereocenters.